The zero-order valence-corrected chi connectivity index (χ0v) is 11.6. The number of aryl methyl sites for hydroxylation is 1. The molecule has 3 aliphatic heterocycles. The van der Waals surface area contributed by atoms with Gasteiger partial charge in [-0.25, -0.2) is 4.90 Å². The Morgan fingerprint density at radius 1 is 1.10 bits per heavy atom. The lowest BCUT2D eigenvalue weighted by molar-refractivity contribution is -0.123. The molecule has 3 saturated heterocycles. The topological polar surface area (TPSA) is 40.6 Å². The van der Waals surface area contributed by atoms with E-state index in [0.29, 0.717) is 6.04 Å². The molecule has 0 aromatic heterocycles. The molecule has 1 aromatic carbocycles. The van der Waals surface area contributed by atoms with Crippen LogP contribution in [-0.2, 0) is 9.59 Å². The zero-order valence-electron chi connectivity index (χ0n) is 11.6. The van der Waals surface area contributed by atoms with Crippen molar-refractivity contribution in [1.29, 1.82) is 0 Å². The van der Waals surface area contributed by atoms with Gasteiger partial charge in [-0.1, -0.05) is 17.7 Å². The smallest absolute Gasteiger partial charge is 0.239 e. The van der Waals surface area contributed by atoms with Gasteiger partial charge in [0.15, 0.2) is 0 Å². The van der Waals surface area contributed by atoms with Crippen molar-refractivity contribution in [2.75, 3.05) is 18.0 Å². The maximum absolute atomic E-state index is 12.7. The largest absolute Gasteiger partial charge is 0.299 e. The lowest BCUT2D eigenvalue weighted by atomic mass is 9.91. The van der Waals surface area contributed by atoms with E-state index in [4.69, 9.17) is 0 Å². The van der Waals surface area contributed by atoms with E-state index in [9.17, 15) is 9.59 Å². The normalized spacial score (nSPS) is 32.9. The Balaban J connectivity index is 1.69. The first-order valence-corrected chi connectivity index (χ1v) is 7.35. The van der Waals surface area contributed by atoms with Crippen LogP contribution < -0.4 is 4.90 Å². The van der Waals surface area contributed by atoms with E-state index < -0.39 is 0 Å². The number of amides is 2. The van der Waals surface area contributed by atoms with Gasteiger partial charge in [-0.2, -0.15) is 0 Å². The van der Waals surface area contributed by atoms with E-state index in [2.05, 4.69) is 4.90 Å². The van der Waals surface area contributed by atoms with E-state index in [1.54, 1.807) is 0 Å². The summed E-state index contributed by atoms with van der Waals surface area (Å²) < 4.78 is 0. The van der Waals surface area contributed by atoms with E-state index in [1.165, 1.54) is 4.90 Å². The van der Waals surface area contributed by atoms with Crippen molar-refractivity contribution in [2.24, 2.45) is 11.8 Å². The molecule has 1 aromatic rings. The summed E-state index contributed by atoms with van der Waals surface area (Å²) in [6.45, 7) is 3.81. The summed E-state index contributed by atoms with van der Waals surface area (Å²) in [5, 5.41) is 0. The Morgan fingerprint density at radius 2 is 1.85 bits per heavy atom. The van der Waals surface area contributed by atoms with Gasteiger partial charge in [0.2, 0.25) is 11.8 Å². The van der Waals surface area contributed by atoms with Crippen LogP contribution in [0.25, 0.3) is 0 Å². The summed E-state index contributed by atoms with van der Waals surface area (Å²) >= 11 is 0. The summed E-state index contributed by atoms with van der Waals surface area (Å²) in [7, 11) is 0. The molecule has 104 valence electrons. The highest BCUT2D eigenvalue weighted by atomic mass is 16.2. The van der Waals surface area contributed by atoms with Crippen molar-refractivity contribution < 1.29 is 9.59 Å². The number of hydrogen-bond acceptors (Lipinski definition) is 3. The molecular weight excluding hydrogens is 252 g/mol. The summed E-state index contributed by atoms with van der Waals surface area (Å²) in [6.07, 6.45) is 2.21. The van der Waals surface area contributed by atoms with Gasteiger partial charge in [0.25, 0.3) is 0 Å². The molecule has 1 unspecified atom stereocenters. The van der Waals surface area contributed by atoms with Crippen LogP contribution in [0.1, 0.15) is 18.4 Å². The number of nitrogens with zero attached hydrogens (tertiary/aromatic N) is 2. The van der Waals surface area contributed by atoms with Crippen molar-refractivity contribution in [3.05, 3.63) is 29.8 Å². The molecule has 0 N–H and O–H groups in total. The Bertz CT molecular complexity index is 581. The predicted octanol–water partition coefficient (Wildman–Crippen LogP) is 1.58. The highest BCUT2D eigenvalue weighted by Crippen LogP contribution is 2.43. The van der Waals surface area contributed by atoms with Crippen LogP contribution in [0.3, 0.4) is 0 Å². The molecule has 0 spiro atoms. The molecule has 3 heterocycles. The average Bonchev–Trinajstić information content (AvgIpc) is 3.05. The van der Waals surface area contributed by atoms with Gasteiger partial charge in [0.05, 0.1) is 17.5 Å². The van der Waals surface area contributed by atoms with Crippen LogP contribution >= 0.6 is 0 Å². The van der Waals surface area contributed by atoms with Crippen molar-refractivity contribution in [1.82, 2.24) is 4.90 Å². The molecule has 3 atom stereocenters. The molecule has 20 heavy (non-hydrogen) atoms. The number of anilines is 1. The van der Waals surface area contributed by atoms with Gasteiger partial charge in [-0.05, 0) is 38.4 Å². The number of hydrogen-bond donors (Lipinski definition) is 0. The number of fused-ring (bicyclic) bond motifs is 3. The Labute approximate surface area is 118 Å². The third kappa shape index (κ3) is 1.51. The molecule has 0 radical (unpaired) electrons. The zero-order chi connectivity index (χ0) is 13.9. The molecule has 0 saturated carbocycles. The summed E-state index contributed by atoms with van der Waals surface area (Å²) in [5.74, 6) is -0.211. The summed E-state index contributed by atoms with van der Waals surface area (Å²) in [5.41, 5.74) is 1.86. The van der Waals surface area contributed by atoms with Crippen LogP contribution in [0.5, 0.6) is 0 Å². The lowest BCUT2D eigenvalue weighted by Crippen LogP contribution is -2.38. The van der Waals surface area contributed by atoms with Crippen molar-refractivity contribution in [3.8, 4) is 0 Å². The van der Waals surface area contributed by atoms with E-state index in [0.717, 1.165) is 37.2 Å². The maximum Gasteiger partial charge on any atom is 0.239 e. The molecular formula is C16H18N2O2. The first kappa shape index (κ1) is 12.1. The Morgan fingerprint density at radius 3 is 2.60 bits per heavy atom. The minimum absolute atomic E-state index is 0.00162. The number of carbonyl (C=O) groups is 2. The van der Waals surface area contributed by atoms with E-state index in [-0.39, 0.29) is 23.7 Å². The van der Waals surface area contributed by atoms with Gasteiger partial charge < -0.3 is 0 Å². The highest BCUT2D eigenvalue weighted by molar-refractivity contribution is 6.22. The number of carbonyl (C=O) groups excluding carboxylic acids is 2. The lowest BCUT2D eigenvalue weighted by Gasteiger charge is -2.21. The Hall–Kier alpha value is -1.68. The van der Waals surface area contributed by atoms with Gasteiger partial charge >= 0.3 is 0 Å². The number of benzene rings is 1. The van der Waals surface area contributed by atoms with Crippen molar-refractivity contribution in [2.45, 2.75) is 25.8 Å². The van der Waals surface area contributed by atoms with E-state index >= 15 is 0 Å². The fourth-order valence-electron chi connectivity index (χ4n) is 4.06. The van der Waals surface area contributed by atoms with Gasteiger partial charge in [0, 0.05) is 12.6 Å². The first-order valence-electron chi connectivity index (χ1n) is 7.35. The molecule has 2 amide bonds. The molecule has 4 heteroatoms. The highest BCUT2D eigenvalue weighted by Gasteiger charge is 2.58. The molecule has 3 fully saturated rings. The molecule has 4 nitrogen and oxygen atoms in total. The van der Waals surface area contributed by atoms with Crippen LogP contribution in [0, 0.1) is 18.8 Å². The standard InChI is InChI=1S/C16H18N2O2/c1-10-4-6-11(7-5-10)18-15(19)12-9-17-8-2-3-13(17)14(12)16(18)20/h4-7,12-14H,2-3,8-9H2,1H3/t12?,13-,14+/m1/s1. The third-order valence-corrected chi connectivity index (χ3v) is 5.03. The third-order valence-electron chi connectivity index (χ3n) is 5.03. The molecule has 3 aliphatic rings. The average molecular weight is 270 g/mol. The van der Waals surface area contributed by atoms with Crippen LogP contribution in [0.2, 0.25) is 0 Å². The van der Waals surface area contributed by atoms with E-state index in [1.807, 2.05) is 31.2 Å². The molecule has 0 bridgehead atoms. The van der Waals surface area contributed by atoms with Crippen LogP contribution in [0.15, 0.2) is 24.3 Å². The monoisotopic (exact) mass is 270 g/mol. The molecule has 4 rings (SSSR count). The molecule has 0 aliphatic carbocycles. The minimum Gasteiger partial charge on any atom is -0.299 e. The second kappa shape index (κ2) is 4.16. The first-order chi connectivity index (χ1) is 9.66. The SMILES string of the molecule is Cc1ccc(N2C(=O)C3CN4CCC[C@@H]4[C@H]3C2=O)cc1. The summed E-state index contributed by atoms with van der Waals surface area (Å²) in [6, 6.07) is 7.95. The van der Waals surface area contributed by atoms with Gasteiger partial charge in [-0.15, -0.1) is 0 Å². The fraction of sp³-hybridized carbons (Fsp3) is 0.500. The summed E-state index contributed by atoms with van der Waals surface area (Å²) in [4.78, 5) is 29.0. The number of rotatable bonds is 1. The van der Waals surface area contributed by atoms with Crippen LogP contribution in [0.4, 0.5) is 5.69 Å². The van der Waals surface area contributed by atoms with Crippen molar-refractivity contribution in [3.63, 3.8) is 0 Å². The quantitative estimate of drug-likeness (QED) is 0.727. The maximum atomic E-state index is 12.7. The second-order valence-electron chi connectivity index (χ2n) is 6.18. The van der Waals surface area contributed by atoms with Crippen LogP contribution in [-0.4, -0.2) is 35.8 Å². The van der Waals surface area contributed by atoms with Gasteiger partial charge in [0.1, 0.15) is 0 Å². The Kier molecular flexibility index (Phi) is 2.51. The van der Waals surface area contributed by atoms with Crippen molar-refractivity contribution >= 4 is 17.5 Å². The predicted molar refractivity (Wildman–Crippen MR) is 75.2 cm³/mol. The fourth-order valence-corrected chi connectivity index (χ4v) is 4.06. The van der Waals surface area contributed by atoms with Gasteiger partial charge in [-0.3, -0.25) is 14.5 Å². The second-order valence-corrected chi connectivity index (χ2v) is 6.18. The minimum atomic E-state index is -0.117. The number of imide groups is 1.